The minimum absolute atomic E-state index is 0.171. The number of rotatable bonds is 0. The van der Waals surface area contributed by atoms with Crippen molar-refractivity contribution in [2.75, 3.05) is 0 Å². The van der Waals surface area contributed by atoms with Gasteiger partial charge in [-0.2, -0.15) is 0 Å². The molecule has 1 aromatic rings. The van der Waals surface area contributed by atoms with E-state index < -0.39 is 0 Å². The van der Waals surface area contributed by atoms with Gasteiger partial charge in [0.25, 0.3) is 0 Å². The van der Waals surface area contributed by atoms with Crippen LogP contribution in [0.3, 0.4) is 0 Å². The van der Waals surface area contributed by atoms with E-state index in [1.165, 1.54) is 11.1 Å². The summed E-state index contributed by atoms with van der Waals surface area (Å²) in [5.74, 6) is 0. The monoisotopic (exact) mass is 219 g/mol. The zero-order valence-corrected chi connectivity index (χ0v) is 12.0. The molecule has 0 amide bonds. The van der Waals surface area contributed by atoms with Crippen LogP contribution < -0.4 is 0 Å². The smallest absolute Gasteiger partial charge is 0.0413 e. The van der Waals surface area contributed by atoms with Crippen LogP contribution >= 0.6 is 0 Å². The van der Waals surface area contributed by atoms with Gasteiger partial charge in [0.15, 0.2) is 0 Å². The van der Waals surface area contributed by atoms with Gasteiger partial charge in [-0.05, 0) is 35.8 Å². The van der Waals surface area contributed by atoms with Crippen LogP contribution in [0.5, 0.6) is 0 Å². The molecule has 0 aliphatic carbocycles. The number of pyridine rings is 1. The van der Waals surface area contributed by atoms with Crippen molar-refractivity contribution in [2.24, 2.45) is 0 Å². The first-order valence-electron chi connectivity index (χ1n) is 6.02. The summed E-state index contributed by atoms with van der Waals surface area (Å²) in [6, 6.07) is 2.34. The summed E-state index contributed by atoms with van der Waals surface area (Å²) >= 11 is 0. The summed E-state index contributed by atoms with van der Waals surface area (Å²) in [6.07, 6.45) is 0. The van der Waals surface area contributed by atoms with Gasteiger partial charge >= 0.3 is 0 Å². The molecule has 1 heterocycles. The molecule has 1 heteroatoms. The Morgan fingerprint density at radius 3 is 1.31 bits per heavy atom. The maximum atomic E-state index is 4.71. The second-order valence-electron chi connectivity index (χ2n) is 6.75. The Morgan fingerprint density at radius 2 is 1.06 bits per heavy atom. The molecule has 0 fully saturated rings. The van der Waals surface area contributed by atoms with Gasteiger partial charge in [-0.3, -0.25) is 4.98 Å². The van der Waals surface area contributed by atoms with E-state index in [0.717, 1.165) is 11.4 Å². The van der Waals surface area contributed by atoms with Crippen LogP contribution in [0.15, 0.2) is 6.07 Å². The first-order valence-corrected chi connectivity index (χ1v) is 6.02. The van der Waals surface area contributed by atoms with Crippen molar-refractivity contribution in [3.05, 3.63) is 28.6 Å². The molecular formula is C15H25N. The largest absolute Gasteiger partial charge is 0.258 e. The van der Waals surface area contributed by atoms with Crippen molar-refractivity contribution in [3.63, 3.8) is 0 Å². The highest BCUT2D eigenvalue weighted by molar-refractivity contribution is 5.37. The lowest BCUT2D eigenvalue weighted by Gasteiger charge is -2.27. The summed E-state index contributed by atoms with van der Waals surface area (Å²) in [4.78, 5) is 4.71. The van der Waals surface area contributed by atoms with Crippen molar-refractivity contribution >= 4 is 0 Å². The van der Waals surface area contributed by atoms with Gasteiger partial charge in [0.05, 0.1) is 0 Å². The van der Waals surface area contributed by atoms with Gasteiger partial charge in [-0.15, -0.1) is 0 Å². The summed E-state index contributed by atoms with van der Waals surface area (Å²) in [5.41, 5.74) is 5.40. The Kier molecular flexibility index (Phi) is 3.20. The number of nitrogens with zero attached hydrogens (tertiary/aromatic N) is 1. The average Bonchev–Trinajstić information content (AvgIpc) is 1.97. The second-order valence-corrected chi connectivity index (χ2v) is 6.75. The lowest BCUT2D eigenvalue weighted by molar-refractivity contribution is 0.555. The standard InChI is InChI=1S/C15H25N/c1-10-12(14(3,4)5)9-13(11(2)16-10)15(6,7)8/h9H,1-8H3. The van der Waals surface area contributed by atoms with E-state index in [-0.39, 0.29) is 10.8 Å². The van der Waals surface area contributed by atoms with E-state index in [0.29, 0.717) is 0 Å². The van der Waals surface area contributed by atoms with Crippen molar-refractivity contribution < 1.29 is 0 Å². The minimum atomic E-state index is 0.171. The van der Waals surface area contributed by atoms with Crippen LogP contribution in [-0.4, -0.2) is 4.98 Å². The predicted molar refractivity (Wildman–Crippen MR) is 71.1 cm³/mol. The topological polar surface area (TPSA) is 12.9 Å². The molecule has 16 heavy (non-hydrogen) atoms. The normalized spacial score (nSPS) is 13.0. The molecule has 0 saturated carbocycles. The van der Waals surface area contributed by atoms with Gasteiger partial charge in [0, 0.05) is 11.4 Å². The molecule has 0 N–H and O–H groups in total. The third-order valence-electron chi connectivity index (χ3n) is 3.02. The van der Waals surface area contributed by atoms with Crippen LogP contribution in [0.25, 0.3) is 0 Å². The summed E-state index contributed by atoms with van der Waals surface area (Å²) in [7, 11) is 0. The van der Waals surface area contributed by atoms with Crippen LogP contribution in [0, 0.1) is 13.8 Å². The molecule has 0 saturated heterocycles. The molecule has 0 aliphatic rings. The highest BCUT2D eigenvalue weighted by Gasteiger charge is 2.23. The van der Waals surface area contributed by atoms with E-state index in [2.05, 4.69) is 61.5 Å². The van der Waals surface area contributed by atoms with Crippen LogP contribution in [0.2, 0.25) is 0 Å². The van der Waals surface area contributed by atoms with E-state index in [9.17, 15) is 0 Å². The Labute approximate surface area is 100 Å². The molecule has 1 nitrogen and oxygen atoms in total. The third-order valence-corrected chi connectivity index (χ3v) is 3.02. The second kappa shape index (κ2) is 3.87. The van der Waals surface area contributed by atoms with Crippen molar-refractivity contribution in [1.29, 1.82) is 0 Å². The average molecular weight is 219 g/mol. The number of aromatic nitrogens is 1. The van der Waals surface area contributed by atoms with E-state index in [4.69, 9.17) is 4.98 Å². The van der Waals surface area contributed by atoms with Gasteiger partial charge in [0.2, 0.25) is 0 Å². The Hall–Kier alpha value is -0.850. The van der Waals surface area contributed by atoms with Crippen molar-refractivity contribution in [1.82, 2.24) is 4.98 Å². The summed E-state index contributed by atoms with van der Waals surface area (Å²) in [5, 5.41) is 0. The molecule has 0 aliphatic heterocycles. The lowest BCUT2D eigenvalue weighted by atomic mass is 9.80. The molecular weight excluding hydrogens is 194 g/mol. The molecule has 0 bridgehead atoms. The van der Waals surface area contributed by atoms with Crippen LogP contribution in [0.4, 0.5) is 0 Å². The molecule has 90 valence electrons. The van der Waals surface area contributed by atoms with Gasteiger partial charge in [-0.1, -0.05) is 47.6 Å². The van der Waals surface area contributed by atoms with E-state index >= 15 is 0 Å². The molecule has 0 spiro atoms. The van der Waals surface area contributed by atoms with Gasteiger partial charge in [0.1, 0.15) is 0 Å². The van der Waals surface area contributed by atoms with Crippen LogP contribution in [-0.2, 0) is 10.8 Å². The maximum Gasteiger partial charge on any atom is 0.0413 e. The number of hydrogen-bond donors (Lipinski definition) is 0. The fourth-order valence-electron chi connectivity index (χ4n) is 2.24. The zero-order chi connectivity index (χ0) is 12.7. The quantitative estimate of drug-likeness (QED) is 0.634. The molecule has 1 aromatic heterocycles. The molecule has 0 aromatic carbocycles. The third kappa shape index (κ3) is 2.63. The molecule has 1 rings (SSSR count). The van der Waals surface area contributed by atoms with Crippen LogP contribution in [0.1, 0.15) is 64.1 Å². The molecule has 0 radical (unpaired) electrons. The first-order chi connectivity index (χ1) is 7.03. The van der Waals surface area contributed by atoms with E-state index in [1.54, 1.807) is 0 Å². The zero-order valence-electron chi connectivity index (χ0n) is 12.0. The summed E-state index contributed by atoms with van der Waals surface area (Å²) < 4.78 is 0. The van der Waals surface area contributed by atoms with Crippen molar-refractivity contribution in [3.8, 4) is 0 Å². The van der Waals surface area contributed by atoms with Crippen molar-refractivity contribution in [2.45, 2.75) is 66.2 Å². The number of aryl methyl sites for hydroxylation is 2. The van der Waals surface area contributed by atoms with Gasteiger partial charge < -0.3 is 0 Å². The maximum absolute atomic E-state index is 4.71. The van der Waals surface area contributed by atoms with Gasteiger partial charge in [-0.25, -0.2) is 0 Å². The number of hydrogen-bond acceptors (Lipinski definition) is 1. The fraction of sp³-hybridized carbons (Fsp3) is 0.667. The van der Waals surface area contributed by atoms with E-state index in [1.807, 2.05) is 0 Å². The SMILES string of the molecule is Cc1nc(C)c(C(C)(C)C)cc1C(C)(C)C. The predicted octanol–water partition coefficient (Wildman–Crippen LogP) is 4.29. The Morgan fingerprint density at radius 1 is 0.750 bits per heavy atom. The molecule has 0 atom stereocenters. The summed E-state index contributed by atoms with van der Waals surface area (Å²) in [6.45, 7) is 17.7. The minimum Gasteiger partial charge on any atom is -0.258 e. The highest BCUT2D eigenvalue weighted by Crippen LogP contribution is 2.31. The first kappa shape index (κ1) is 13.2. The Balaban J connectivity index is 3.45. The lowest BCUT2D eigenvalue weighted by Crippen LogP contribution is -2.20. The highest BCUT2D eigenvalue weighted by atomic mass is 14.7. The Bertz CT molecular complexity index is 354. The molecule has 0 unspecified atom stereocenters. The fourth-order valence-corrected chi connectivity index (χ4v) is 2.24.